The molecule has 1 N–H and O–H groups in total. The maximum absolute atomic E-state index is 15.0. The lowest BCUT2D eigenvalue weighted by molar-refractivity contribution is 0.0689. The van der Waals surface area contributed by atoms with Crippen LogP contribution in [0.1, 0.15) is 50.3 Å². The summed E-state index contributed by atoms with van der Waals surface area (Å²) < 4.78 is 23.6. The molecule has 1 atom stereocenters. The minimum Gasteiger partial charge on any atom is -0.392 e. The number of β-amino-alcohol motifs (C(OH)–C–C–N with tert-alkyl or cyclic N) is 1. The van der Waals surface area contributed by atoms with Crippen molar-refractivity contribution in [1.29, 1.82) is 0 Å². The molecule has 2 fully saturated rings. The molecule has 1 aliphatic heterocycles. The lowest BCUT2D eigenvalue weighted by Gasteiger charge is -2.30. The molecular weight excluding hydrogens is 439 g/mol. The van der Waals surface area contributed by atoms with E-state index < -0.39 is 5.82 Å². The van der Waals surface area contributed by atoms with E-state index in [2.05, 4.69) is 20.0 Å². The predicted molar refractivity (Wildman–Crippen MR) is 123 cm³/mol. The molecule has 34 heavy (non-hydrogen) atoms. The summed E-state index contributed by atoms with van der Waals surface area (Å²) in [7, 11) is 0. The van der Waals surface area contributed by atoms with Crippen LogP contribution in [0.5, 0.6) is 0 Å². The second kappa shape index (κ2) is 8.59. The van der Waals surface area contributed by atoms with Crippen molar-refractivity contribution in [3.05, 3.63) is 46.6 Å². The SMILES string of the molecule is O=c1c2c(-c3noc(C4CCCC4)n3)ncn2c2cccc(F)c2n1CCN1CCCC(O)C1. The van der Waals surface area contributed by atoms with E-state index in [0.717, 1.165) is 45.1 Å². The fraction of sp³-hybridized carbons (Fsp3) is 0.500. The summed E-state index contributed by atoms with van der Waals surface area (Å²) in [6.07, 6.45) is 7.17. The molecule has 1 aliphatic carbocycles. The average Bonchev–Trinajstić information content (AvgIpc) is 3.59. The fourth-order valence-corrected chi connectivity index (χ4v) is 5.45. The molecule has 1 aromatic carbocycles. The van der Waals surface area contributed by atoms with Crippen LogP contribution in [0, 0.1) is 5.82 Å². The van der Waals surface area contributed by atoms with Gasteiger partial charge in [-0.3, -0.25) is 14.1 Å². The smallest absolute Gasteiger partial charge is 0.277 e. The number of aliphatic hydroxyl groups excluding tert-OH is 1. The van der Waals surface area contributed by atoms with Crippen LogP contribution in [-0.2, 0) is 6.54 Å². The first-order valence-corrected chi connectivity index (χ1v) is 12.0. The van der Waals surface area contributed by atoms with E-state index in [-0.39, 0.29) is 28.9 Å². The molecule has 4 aromatic rings. The van der Waals surface area contributed by atoms with E-state index in [1.165, 1.54) is 17.0 Å². The number of para-hydroxylation sites is 1. The molecule has 0 spiro atoms. The van der Waals surface area contributed by atoms with E-state index in [0.29, 0.717) is 42.3 Å². The number of rotatable bonds is 5. The zero-order chi connectivity index (χ0) is 23.2. The monoisotopic (exact) mass is 466 g/mol. The Labute approximate surface area is 194 Å². The topological polar surface area (TPSA) is 102 Å². The van der Waals surface area contributed by atoms with Crippen molar-refractivity contribution in [2.75, 3.05) is 19.6 Å². The van der Waals surface area contributed by atoms with Gasteiger partial charge in [0.15, 0.2) is 0 Å². The molecule has 1 saturated carbocycles. The Morgan fingerprint density at radius 1 is 1.12 bits per heavy atom. The highest BCUT2D eigenvalue weighted by Gasteiger charge is 2.26. The first-order chi connectivity index (χ1) is 16.6. The zero-order valence-corrected chi connectivity index (χ0v) is 18.9. The van der Waals surface area contributed by atoms with Crippen molar-refractivity contribution >= 4 is 16.6 Å². The lowest BCUT2D eigenvalue weighted by atomic mass is 10.1. The summed E-state index contributed by atoms with van der Waals surface area (Å²) in [6, 6.07) is 4.76. The number of aromatic nitrogens is 5. The summed E-state index contributed by atoms with van der Waals surface area (Å²) in [4.78, 5) is 24.9. The summed E-state index contributed by atoms with van der Waals surface area (Å²) in [5.41, 5.74) is 1.07. The van der Waals surface area contributed by atoms with Crippen LogP contribution in [-0.4, -0.2) is 59.8 Å². The van der Waals surface area contributed by atoms with Gasteiger partial charge >= 0.3 is 0 Å². The van der Waals surface area contributed by atoms with E-state index in [1.807, 2.05) is 0 Å². The quantitative estimate of drug-likeness (QED) is 0.483. The number of hydrogen-bond acceptors (Lipinski definition) is 7. The second-order valence-corrected chi connectivity index (χ2v) is 9.41. The summed E-state index contributed by atoms with van der Waals surface area (Å²) in [5.74, 6) is 0.655. The van der Waals surface area contributed by atoms with E-state index in [9.17, 15) is 9.90 Å². The molecular formula is C24H27FN6O3. The minimum absolute atomic E-state index is 0.237. The van der Waals surface area contributed by atoms with Crippen LogP contribution in [0.4, 0.5) is 4.39 Å². The third-order valence-electron chi connectivity index (χ3n) is 7.19. The van der Waals surface area contributed by atoms with Crippen molar-refractivity contribution in [2.24, 2.45) is 0 Å². The van der Waals surface area contributed by atoms with Gasteiger partial charge < -0.3 is 14.2 Å². The van der Waals surface area contributed by atoms with Crippen LogP contribution in [0.25, 0.3) is 28.1 Å². The van der Waals surface area contributed by atoms with Crippen LogP contribution in [0.15, 0.2) is 33.8 Å². The standard InChI is InChI=1S/C24H27FN6O3/c25-17-8-3-9-18-20(17)30(12-11-29-10-4-7-16(32)13-29)24(33)21-19(26-14-31(18)21)22-27-23(34-28-22)15-5-1-2-6-15/h3,8-9,14-16,32H,1-2,4-7,10-13H2. The highest BCUT2D eigenvalue weighted by Crippen LogP contribution is 2.34. The Kier molecular flexibility index (Phi) is 5.41. The Bertz CT molecular complexity index is 1400. The normalized spacial score (nSPS) is 20.1. The molecule has 0 radical (unpaired) electrons. The van der Waals surface area contributed by atoms with Gasteiger partial charge in [0.25, 0.3) is 5.56 Å². The van der Waals surface area contributed by atoms with Crippen LogP contribution >= 0.6 is 0 Å². The number of likely N-dealkylation sites (tertiary alicyclic amines) is 1. The molecule has 1 saturated heterocycles. The molecule has 4 heterocycles. The number of nitrogens with zero attached hydrogens (tertiary/aromatic N) is 6. The predicted octanol–water partition coefficient (Wildman–Crippen LogP) is 2.95. The zero-order valence-electron chi connectivity index (χ0n) is 18.9. The average molecular weight is 467 g/mol. The van der Waals surface area contributed by atoms with Crippen molar-refractivity contribution in [2.45, 2.75) is 57.1 Å². The Morgan fingerprint density at radius 3 is 2.79 bits per heavy atom. The molecule has 1 unspecified atom stereocenters. The van der Waals surface area contributed by atoms with Crippen LogP contribution in [0.3, 0.4) is 0 Å². The maximum atomic E-state index is 15.0. The summed E-state index contributed by atoms with van der Waals surface area (Å²) in [5, 5.41) is 14.1. The van der Waals surface area contributed by atoms with Crippen LogP contribution < -0.4 is 5.56 Å². The summed E-state index contributed by atoms with van der Waals surface area (Å²) >= 11 is 0. The Hall–Kier alpha value is -3.11. The van der Waals surface area contributed by atoms with Gasteiger partial charge in [0, 0.05) is 25.6 Å². The third kappa shape index (κ3) is 3.61. The number of imidazole rings is 1. The molecule has 10 heteroatoms. The molecule has 3 aromatic heterocycles. The van der Waals surface area contributed by atoms with Crippen molar-refractivity contribution in [1.82, 2.24) is 29.0 Å². The number of piperidine rings is 1. The Morgan fingerprint density at radius 2 is 1.97 bits per heavy atom. The van der Waals surface area contributed by atoms with Gasteiger partial charge in [0.2, 0.25) is 11.7 Å². The fourth-order valence-electron chi connectivity index (χ4n) is 5.45. The molecule has 0 amide bonds. The highest BCUT2D eigenvalue weighted by atomic mass is 19.1. The largest absolute Gasteiger partial charge is 0.392 e. The van der Waals surface area contributed by atoms with E-state index >= 15 is 4.39 Å². The minimum atomic E-state index is -0.464. The van der Waals surface area contributed by atoms with Gasteiger partial charge in [-0.15, -0.1) is 0 Å². The first-order valence-electron chi connectivity index (χ1n) is 12.0. The third-order valence-corrected chi connectivity index (χ3v) is 7.19. The van der Waals surface area contributed by atoms with Gasteiger partial charge in [-0.2, -0.15) is 4.98 Å². The Balaban J connectivity index is 1.45. The molecule has 2 aliphatic rings. The van der Waals surface area contributed by atoms with Gasteiger partial charge in [-0.05, 0) is 44.4 Å². The molecule has 9 nitrogen and oxygen atoms in total. The van der Waals surface area contributed by atoms with Gasteiger partial charge in [0.1, 0.15) is 28.9 Å². The maximum Gasteiger partial charge on any atom is 0.277 e. The van der Waals surface area contributed by atoms with E-state index in [4.69, 9.17) is 4.52 Å². The van der Waals surface area contributed by atoms with Gasteiger partial charge in [0.05, 0.1) is 11.6 Å². The first kappa shape index (κ1) is 21.4. The number of halogens is 1. The number of aliphatic hydroxyl groups is 1. The molecule has 178 valence electrons. The van der Waals surface area contributed by atoms with Gasteiger partial charge in [-0.25, -0.2) is 9.37 Å². The van der Waals surface area contributed by atoms with Crippen molar-refractivity contribution in [3.8, 4) is 11.5 Å². The summed E-state index contributed by atoms with van der Waals surface area (Å²) in [6.45, 7) is 2.24. The lowest BCUT2D eigenvalue weighted by Crippen LogP contribution is -2.41. The van der Waals surface area contributed by atoms with E-state index in [1.54, 1.807) is 16.5 Å². The second-order valence-electron chi connectivity index (χ2n) is 9.41. The van der Waals surface area contributed by atoms with Crippen molar-refractivity contribution in [3.63, 3.8) is 0 Å². The number of fused-ring (bicyclic) bond motifs is 3. The number of benzene rings is 1. The molecule has 0 bridgehead atoms. The van der Waals surface area contributed by atoms with Crippen molar-refractivity contribution < 1.29 is 14.0 Å². The molecule has 6 rings (SSSR count). The van der Waals surface area contributed by atoms with Crippen LogP contribution in [0.2, 0.25) is 0 Å². The number of hydrogen-bond donors (Lipinski definition) is 1. The van der Waals surface area contributed by atoms with Gasteiger partial charge in [-0.1, -0.05) is 24.1 Å². The highest BCUT2D eigenvalue weighted by molar-refractivity contribution is 5.84.